The van der Waals surface area contributed by atoms with Gasteiger partial charge in [0.15, 0.2) is 0 Å². The number of halogens is 1. The third kappa shape index (κ3) is 5.30. The van der Waals surface area contributed by atoms with E-state index in [1.807, 2.05) is 32.1 Å². The first-order chi connectivity index (χ1) is 13.8. The van der Waals surface area contributed by atoms with Crippen LogP contribution in [-0.2, 0) is 10.0 Å². The Morgan fingerprint density at radius 1 is 1.17 bits per heavy atom. The van der Waals surface area contributed by atoms with Crippen LogP contribution >= 0.6 is 0 Å². The maximum Gasteiger partial charge on any atom is 0.244 e. The number of hydrogen-bond acceptors (Lipinski definition) is 6. The zero-order chi connectivity index (χ0) is 21.0. The third-order valence-corrected chi connectivity index (χ3v) is 7.05. The molecular weight excluding hydrogens is 393 g/mol. The summed E-state index contributed by atoms with van der Waals surface area (Å²) in [7, 11) is 2.31. The average molecular weight is 422 g/mol. The molecule has 0 spiro atoms. The molecule has 1 aliphatic rings. The molecule has 3 rings (SSSR count). The van der Waals surface area contributed by atoms with Crippen molar-refractivity contribution in [3.8, 4) is 0 Å². The van der Waals surface area contributed by atoms with Crippen LogP contribution in [0.1, 0.15) is 11.6 Å². The topological polar surface area (TPSA) is 68.8 Å². The SMILES string of the molecule is CN1CCN(S(=O)(=O)c2ccc(NCC(c3cccc(F)c3)N(C)C)nc2)CC1. The van der Waals surface area contributed by atoms with E-state index in [9.17, 15) is 12.8 Å². The second-order valence-corrected chi connectivity index (χ2v) is 9.44. The van der Waals surface area contributed by atoms with Crippen LogP contribution in [0, 0.1) is 5.82 Å². The van der Waals surface area contributed by atoms with Crippen molar-refractivity contribution in [1.82, 2.24) is 19.1 Å². The lowest BCUT2D eigenvalue weighted by Crippen LogP contribution is -2.47. The Balaban J connectivity index is 1.67. The van der Waals surface area contributed by atoms with Gasteiger partial charge in [-0.05, 0) is 51.0 Å². The van der Waals surface area contributed by atoms with Gasteiger partial charge in [0.05, 0.1) is 6.04 Å². The lowest BCUT2D eigenvalue weighted by molar-refractivity contribution is 0.222. The van der Waals surface area contributed by atoms with Gasteiger partial charge < -0.3 is 15.1 Å². The molecule has 1 N–H and O–H groups in total. The number of likely N-dealkylation sites (N-methyl/N-ethyl adjacent to an activating group) is 2. The molecule has 1 aromatic carbocycles. The largest absolute Gasteiger partial charge is 0.368 e. The number of nitrogens with one attached hydrogen (secondary N) is 1. The summed E-state index contributed by atoms with van der Waals surface area (Å²) in [5, 5.41) is 3.22. The van der Waals surface area contributed by atoms with E-state index in [-0.39, 0.29) is 16.8 Å². The van der Waals surface area contributed by atoms with Crippen LogP contribution in [-0.4, -0.2) is 81.4 Å². The first-order valence-electron chi connectivity index (χ1n) is 9.58. The zero-order valence-corrected chi connectivity index (χ0v) is 17.9. The Labute approximate surface area is 172 Å². The van der Waals surface area contributed by atoms with Crippen LogP contribution in [0.3, 0.4) is 0 Å². The van der Waals surface area contributed by atoms with E-state index >= 15 is 0 Å². The fraction of sp³-hybridized carbons (Fsp3) is 0.450. The van der Waals surface area contributed by atoms with Gasteiger partial charge in [-0.25, -0.2) is 17.8 Å². The van der Waals surface area contributed by atoms with Crippen LogP contribution in [0.4, 0.5) is 10.2 Å². The number of anilines is 1. The standard InChI is InChI=1S/C20H28FN5O2S/c1-24(2)19(16-5-4-6-17(21)13-16)15-23-20-8-7-18(14-22-20)29(27,28)26-11-9-25(3)10-12-26/h4-8,13-14,19H,9-12,15H2,1-3H3,(H,22,23). The molecule has 7 nitrogen and oxygen atoms in total. The molecule has 1 unspecified atom stereocenters. The van der Waals surface area contributed by atoms with Gasteiger partial charge in [0.1, 0.15) is 16.5 Å². The summed E-state index contributed by atoms with van der Waals surface area (Å²) in [6, 6.07) is 9.71. The molecule has 2 aromatic rings. The van der Waals surface area contributed by atoms with Crippen molar-refractivity contribution in [3.05, 3.63) is 54.0 Å². The summed E-state index contributed by atoms with van der Waals surface area (Å²) < 4.78 is 40.6. The maximum absolute atomic E-state index is 13.6. The van der Waals surface area contributed by atoms with Gasteiger partial charge in [-0.1, -0.05) is 12.1 Å². The van der Waals surface area contributed by atoms with Gasteiger partial charge in [-0.15, -0.1) is 0 Å². The highest BCUT2D eigenvalue weighted by molar-refractivity contribution is 7.89. The first-order valence-corrected chi connectivity index (χ1v) is 11.0. The second kappa shape index (κ2) is 9.17. The van der Waals surface area contributed by atoms with Crippen molar-refractivity contribution in [3.63, 3.8) is 0 Å². The highest BCUT2D eigenvalue weighted by Crippen LogP contribution is 2.21. The van der Waals surface area contributed by atoms with E-state index in [1.54, 1.807) is 18.2 Å². The van der Waals surface area contributed by atoms with Crippen LogP contribution in [0.5, 0.6) is 0 Å². The van der Waals surface area contributed by atoms with Gasteiger partial charge in [0, 0.05) is 38.9 Å². The predicted octanol–water partition coefficient (Wildman–Crippen LogP) is 1.87. The summed E-state index contributed by atoms with van der Waals surface area (Å²) in [5.74, 6) is 0.302. The minimum atomic E-state index is -3.53. The van der Waals surface area contributed by atoms with Crippen molar-refractivity contribution >= 4 is 15.8 Å². The molecule has 1 aliphatic heterocycles. The molecule has 0 radical (unpaired) electrons. The van der Waals surface area contributed by atoms with Crippen molar-refractivity contribution in [2.24, 2.45) is 0 Å². The molecular formula is C20H28FN5O2S. The quantitative estimate of drug-likeness (QED) is 0.736. The first kappa shape index (κ1) is 21.6. The molecule has 0 bridgehead atoms. The van der Waals surface area contributed by atoms with E-state index < -0.39 is 10.0 Å². The lowest BCUT2D eigenvalue weighted by atomic mass is 10.1. The lowest BCUT2D eigenvalue weighted by Gasteiger charge is -2.31. The normalized spacial score (nSPS) is 17.4. The van der Waals surface area contributed by atoms with E-state index in [0.717, 1.165) is 18.7 Å². The molecule has 9 heteroatoms. The highest BCUT2D eigenvalue weighted by atomic mass is 32.2. The minimum Gasteiger partial charge on any atom is -0.368 e. The fourth-order valence-electron chi connectivity index (χ4n) is 3.33. The van der Waals surface area contributed by atoms with E-state index in [0.29, 0.717) is 25.5 Å². The maximum atomic E-state index is 13.6. The van der Waals surface area contributed by atoms with E-state index in [4.69, 9.17) is 0 Å². The molecule has 1 saturated heterocycles. The summed E-state index contributed by atoms with van der Waals surface area (Å²) in [6.07, 6.45) is 1.39. The summed E-state index contributed by atoms with van der Waals surface area (Å²) in [4.78, 5) is 8.58. The number of hydrogen-bond donors (Lipinski definition) is 1. The number of nitrogens with zero attached hydrogens (tertiary/aromatic N) is 4. The molecule has 1 fully saturated rings. The number of aromatic nitrogens is 1. The number of rotatable bonds is 7. The van der Waals surface area contributed by atoms with Gasteiger partial charge in [-0.2, -0.15) is 4.31 Å². The van der Waals surface area contributed by atoms with Gasteiger partial charge in [0.25, 0.3) is 0 Å². The van der Waals surface area contributed by atoms with Crippen LogP contribution in [0.25, 0.3) is 0 Å². The molecule has 1 aromatic heterocycles. The van der Waals surface area contributed by atoms with Gasteiger partial charge in [0.2, 0.25) is 10.0 Å². The number of benzene rings is 1. The third-order valence-electron chi connectivity index (χ3n) is 5.17. The molecule has 2 heterocycles. The number of piperazine rings is 1. The summed E-state index contributed by atoms with van der Waals surface area (Å²) in [5.41, 5.74) is 0.858. The molecule has 29 heavy (non-hydrogen) atoms. The van der Waals surface area contributed by atoms with Crippen molar-refractivity contribution in [2.75, 3.05) is 59.2 Å². The predicted molar refractivity (Wildman–Crippen MR) is 112 cm³/mol. The Kier molecular flexibility index (Phi) is 6.84. The van der Waals surface area contributed by atoms with Crippen molar-refractivity contribution < 1.29 is 12.8 Å². The van der Waals surface area contributed by atoms with Gasteiger partial charge in [-0.3, -0.25) is 0 Å². The summed E-state index contributed by atoms with van der Waals surface area (Å²) >= 11 is 0. The Bertz CT molecular complexity index is 913. The fourth-order valence-corrected chi connectivity index (χ4v) is 4.70. The highest BCUT2D eigenvalue weighted by Gasteiger charge is 2.27. The monoisotopic (exact) mass is 421 g/mol. The second-order valence-electron chi connectivity index (χ2n) is 7.50. The number of pyridine rings is 1. The molecule has 1 atom stereocenters. The van der Waals surface area contributed by atoms with E-state index in [2.05, 4.69) is 15.2 Å². The Morgan fingerprint density at radius 2 is 1.90 bits per heavy atom. The summed E-state index contributed by atoms with van der Waals surface area (Å²) in [6.45, 7) is 2.92. The molecule has 0 saturated carbocycles. The van der Waals surface area contributed by atoms with Crippen LogP contribution < -0.4 is 5.32 Å². The van der Waals surface area contributed by atoms with Crippen LogP contribution in [0.2, 0.25) is 0 Å². The molecule has 0 amide bonds. The van der Waals surface area contributed by atoms with Gasteiger partial charge >= 0.3 is 0 Å². The Morgan fingerprint density at radius 3 is 2.48 bits per heavy atom. The smallest absolute Gasteiger partial charge is 0.244 e. The zero-order valence-electron chi connectivity index (χ0n) is 17.0. The molecule has 158 valence electrons. The minimum absolute atomic E-state index is 0.0544. The van der Waals surface area contributed by atoms with Crippen LogP contribution in [0.15, 0.2) is 47.5 Å². The average Bonchev–Trinajstić information content (AvgIpc) is 2.69. The Hall–Kier alpha value is -2.07. The molecule has 0 aliphatic carbocycles. The number of sulfonamides is 1. The van der Waals surface area contributed by atoms with E-state index in [1.165, 1.54) is 22.6 Å². The van der Waals surface area contributed by atoms with Crippen molar-refractivity contribution in [1.29, 1.82) is 0 Å². The van der Waals surface area contributed by atoms with Crippen molar-refractivity contribution in [2.45, 2.75) is 10.9 Å².